The Bertz CT molecular complexity index is 448. The normalized spacial score (nSPS) is 31.6. The fourth-order valence-electron chi connectivity index (χ4n) is 4.45. The fourth-order valence-corrected chi connectivity index (χ4v) is 4.45. The molecule has 0 atom stereocenters. The van der Waals surface area contributed by atoms with Gasteiger partial charge in [-0.25, -0.2) is 0 Å². The molecule has 1 aliphatic rings. The Kier molecular flexibility index (Phi) is 8.24. The van der Waals surface area contributed by atoms with Crippen molar-refractivity contribution in [3.05, 3.63) is 48.6 Å². The lowest BCUT2D eigenvalue weighted by Crippen LogP contribution is -2.37. The van der Waals surface area contributed by atoms with Crippen LogP contribution in [0.4, 0.5) is 0 Å². The zero-order valence-corrected chi connectivity index (χ0v) is 16.0. The molecular formula is C22H34O2. The Morgan fingerprint density at radius 3 is 1.67 bits per heavy atom. The summed E-state index contributed by atoms with van der Waals surface area (Å²) in [4.78, 5) is 12.1. The third-order valence-electron chi connectivity index (χ3n) is 4.75. The summed E-state index contributed by atoms with van der Waals surface area (Å²) in [6.45, 7) is 10.6. The molecule has 0 unspecified atom stereocenters. The predicted octanol–water partition coefficient (Wildman–Crippen LogP) is 6.02. The van der Waals surface area contributed by atoms with Crippen LogP contribution in [-0.2, 0) is 9.53 Å². The molecule has 24 heavy (non-hydrogen) atoms. The van der Waals surface area contributed by atoms with Crippen LogP contribution in [0, 0.1) is 16.7 Å². The van der Waals surface area contributed by atoms with Crippen molar-refractivity contribution in [1.29, 1.82) is 0 Å². The van der Waals surface area contributed by atoms with E-state index >= 15 is 0 Å². The Hall–Kier alpha value is -1.57. The number of rotatable bonds is 7. The molecule has 1 aliphatic carbocycles. The van der Waals surface area contributed by atoms with Gasteiger partial charge in [0.05, 0.1) is 6.61 Å². The van der Waals surface area contributed by atoms with Crippen molar-refractivity contribution in [2.24, 2.45) is 16.7 Å². The number of ether oxygens (including phenoxy) is 1. The summed E-state index contributed by atoms with van der Waals surface area (Å²) < 4.78 is 5.21. The van der Waals surface area contributed by atoms with Crippen molar-refractivity contribution >= 4 is 5.97 Å². The lowest BCUT2D eigenvalue weighted by molar-refractivity contribution is -0.144. The molecule has 0 radical (unpaired) electrons. The Morgan fingerprint density at radius 2 is 1.33 bits per heavy atom. The van der Waals surface area contributed by atoms with Gasteiger partial charge in [-0.1, -0.05) is 48.6 Å². The van der Waals surface area contributed by atoms with E-state index in [-0.39, 0.29) is 16.8 Å². The Labute approximate surface area is 148 Å². The zero-order valence-electron chi connectivity index (χ0n) is 16.0. The molecule has 0 aromatic carbocycles. The van der Waals surface area contributed by atoms with E-state index < -0.39 is 0 Å². The summed E-state index contributed by atoms with van der Waals surface area (Å²) in [5.41, 5.74) is -0.00410. The highest BCUT2D eigenvalue weighted by molar-refractivity contribution is 5.69. The maximum Gasteiger partial charge on any atom is 0.306 e. The minimum Gasteiger partial charge on any atom is -0.466 e. The van der Waals surface area contributed by atoms with Crippen LogP contribution in [0.25, 0.3) is 0 Å². The van der Waals surface area contributed by atoms with Gasteiger partial charge in [-0.15, -0.1) is 0 Å². The van der Waals surface area contributed by atoms with E-state index in [4.69, 9.17) is 4.74 Å². The maximum atomic E-state index is 12.1. The molecule has 1 fully saturated rings. The standard InChI is InChI=1S/C22H34O2/c1-6-11-21(12-7-2)16-19(15-20(23)24-10-5)17-22(18-21,13-8-3)14-9-4/h6-9,11-14,19H,10,15-18H2,1-5H3. The second-order valence-electron chi connectivity index (χ2n) is 6.93. The van der Waals surface area contributed by atoms with Crippen LogP contribution in [0.5, 0.6) is 0 Å². The summed E-state index contributed by atoms with van der Waals surface area (Å²) >= 11 is 0. The summed E-state index contributed by atoms with van der Waals surface area (Å²) in [6.07, 6.45) is 21.4. The number of esters is 1. The summed E-state index contributed by atoms with van der Waals surface area (Å²) in [6, 6.07) is 0. The first-order valence-electron chi connectivity index (χ1n) is 9.19. The average molecular weight is 331 g/mol. The molecule has 0 aliphatic heterocycles. The SMILES string of the molecule is CC=CC1(C=CC)CC(CC(=O)OCC)CC(C=CC)(C=CC)C1. The first-order valence-corrected chi connectivity index (χ1v) is 9.19. The lowest BCUT2D eigenvalue weighted by Gasteiger charge is -2.46. The van der Waals surface area contributed by atoms with Gasteiger partial charge in [-0.2, -0.15) is 0 Å². The Balaban J connectivity index is 3.25. The number of carbonyl (C=O) groups excluding carboxylic acids is 1. The third kappa shape index (κ3) is 5.51. The topological polar surface area (TPSA) is 26.3 Å². The van der Waals surface area contributed by atoms with Gasteiger partial charge in [0.1, 0.15) is 0 Å². The van der Waals surface area contributed by atoms with Gasteiger partial charge >= 0.3 is 5.97 Å². The highest BCUT2D eigenvalue weighted by atomic mass is 16.5. The van der Waals surface area contributed by atoms with Gasteiger partial charge in [0.25, 0.3) is 0 Å². The molecule has 0 N–H and O–H groups in total. The highest BCUT2D eigenvalue weighted by Gasteiger charge is 2.43. The molecular weight excluding hydrogens is 296 g/mol. The van der Waals surface area contributed by atoms with Crippen LogP contribution in [-0.4, -0.2) is 12.6 Å². The summed E-state index contributed by atoms with van der Waals surface area (Å²) in [5.74, 6) is 0.242. The van der Waals surface area contributed by atoms with Gasteiger partial charge in [-0.3, -0.25) is 4.79 Å². The predicted molar refractivity (Wildman–Crippen MR) is 103 cm³/mol. The summed E-state index contributed by atoms with van der Waals surface area (Å²) in [5, 5.41) is 0. The first-order chi connectivity index (χ1) is 11.5. The molecule has 2 nitrogen and oxygen atoms in total. The largest absolute Gasteiger partial charge is 0.466 e. The number of hydrogen-bond acceptors (Lipinski definition) is 2. The van der Waals surface area contributed by atoms with E-state index in [1.807, 2.05) is 6.92 Å². The van der Waals surface area contributed by atoms with E-state index in [9.17, 15) is 4.79 Å². The molecule has 0 bridgehead atoms. The quantitative estimate of drug-likeness (QED) is 0.421. The summed E-state index contributed by atoms with van der Waals surface area (Å²) in [7, 11) is 0. The average Bonchev–Trinajstić information content (AvgIpc) is 2.47. The smallest absolute Gasteiger partial charge is 0.306 e. The van der Waals surface area contributed by atoms with Crippen molar-refractivity contribution < 1.29 is 9.53 Å². The molecule has 1 saturated carbocycles. The molecule has 0 saturated heterocycles. The van der Waals surface area contributed by atoms with Gasteiger partial charge in [-0.05, 0) is 59.8 Å². The van der Waals surface area contributed by atoms with Crippen molar-refractivity contribution in [2.75, 3.05) is 6.61 Å². The van der Waals surface area contributed by atoms with Gasteiger partial charge < -0.3 is 4.74 Å². The lowest BCUT2D eigenvalue weighted by atomic mass is 9.57. The van der Waals surface area contributed by atoms with Crippen LogP contribution in [0.15, 0.2) is 48.6 Å². The van der Waals surface area contributed by atoms with E-state index in [1.165, 1.54) is 0 Å². The molecule has 0 aromatic heterocycles. The number of hydrogen-bond donors (Lipinski definition) is 0. The van der Waals surface area contributed by atoms with E-state index in [0.29, 0.717) is 18.9 Å². The van der Waals surface area contributed by atoms with Crippen LogP contribution in [0.3, 0.4) is 0 Å². The molecule has 2 heteroatoms. The van der Waals surface area contributed by atoms with Crippen molar-refractivity contribution in [3.63, 3.8) is 0 Å². The third-order valence-corrected chi connectivity index (χ3v) is 4.75. The zero-order chi connectivity index (χ0) is 18.1. The minimum absolute atomic E-state index is 0.00205. The minimum atomic E-state index is -0.0749. The van der Waals surface area contributed by atoms with E-state index in [1.54, 1.807) is 0 Å². The number of allylic oxidation sites excluding steroid dienone is 8. The van der Waals surface area contributed by atoms with Gasteiger partial charge in [0.2, 0.25) is 0 Å². The van der Waals surface area contributed by atoms with Gasteiger partial charge in [0, 0.05) is 17.3 Å². The van der Waals surface area contributed by atoms with Crippen LogP contribution >= 0.6 is 0 Å². The van der Waals surface area contributed by atoms with Crippen LogP contribution in [0.2, 0.25) is 0 Å². The van der Waals surface area contributed by atoms with Crippen molar-refractivity contribution in [2.45, 2.75) is 60.3 Å². The fraction of sp³-hybridized carbons (Fsp3) is 0.591. The molecule has 0 aromatic rings. The molecule has 0 spiro atoms. The molecule has 0 amide bonds. The van der Waals surface area contributed by atoms with Crippen molar-refractivity contribution in [3.8, 4) is 0 Å². The highest BCUT2D eigenvalue weighted by Crippen LogP contribution is 2.53. The first kappa shape index (κ1) is 20.5. The molecule has 134 valence electrons. The van der Waals surface area contributed by atoms with Crippen LogP contribution in [0.1, 0.15) is 60.3 Å². The monoisotopic (exact) mass is 330 g/mol. The van der Waals surface area contributed by atoms with Crippen molar-refractivity contribution in [1.82, 2.24) is 0 Å². The second-order valence-corrected chi connectivity index (χ2v) is 6.93. The number of carbonyl (C=O) groups is 1. The van der Waals surface area contributed by atoms with Crippen LogP contribution < -0.4 is 0 Å². The molecule has 1 rings (SSSR count). The maximum absolute atomic E-state index is 12.1. The van der Waals surface area contributed by atoms with E-state index in [0.717, 1.165) is 19.3 Å². The molecule has 0 heterocycles. The van der Waals surface area contributed by atoms with E-state index in [2.05, 4.69) is 76.3 Å². The Morgan fingerprint density at radius 1 is 0.917 bits per heavy atom. The second kappa shape index (κ2) is 9.66. The van der Waals surface area contributed by atoms with Gasteiger partial charge in [0.15, 0.2) is 0 Å².